The van der Waals surface area contributed by atoms with Gasteiger partial charge >= 0.3 is 0 Å². The quantitative estimate of drug-likeness (QED) is 0.667. The summed E-state index contributed by atoms with van der Waals surface area (Å²) < 4.78 is 44.5. The second kappa shape index (κ2) is 4.80. The van der Waals surface area contributed by atoms with E-state index in [2.05, 4.69) is 9.97 Å². The Hall–Kier alpha value is -2.63. The summed E-state index contributed by atoms with van der Waals surface area (Å²) in [5.41, 5.74) is 0.473. The Morgan fingerprint density at radius 3 is 2.60 bits per heavy atom. The Labute approximate surface area is 111 Å². The molecular weight excluding hydrogens is 269 g/mol. The molecule has 0 aliphatic rings. The van der Waals surface area contributed by atoms with Gasteiger partial charge in [-0.3, -0.25) is 4.98 Å². The number of halogens is 3. The van der Waals surface area contributed by atoms with Crippen LogP contribution in [0.5, 0.6) is 11.6 Å². The number of para-hydroxylation sites is 1. The lowest BCUT2D eigenvalue weighted by Crippen LogP contribution is -1.98. The molecule has 2 aromatic heterocycles. The van der Waals surface area contributed by atoms with Crippen molar-refractivity contribution in [3.05, 3.63) is 60.2 Å². The number of hydrogen-bond donors (Lipinski definition) is 0. The van der Waals surface area contributed by atoms with Crippen LogP contribution in [-0.2, 0) is 0 Å². The lowest BCUT2D eigenvalue weighted by molar-refractivity contribution is 0.389. The molecule has 0 aliphatic carbocycles. The summed E-state index contributed by atoms with van der Waals surface area (Å²) in [6.07, 6.45) is 1.55. The van der Waals surface area contributed by atoms with E-state index < -0.39 is 23.5 Å². The molecule has 3 rings (SSSR count). The Kier molecular flexibility index (Phi) is 2.98. The van der Waals surface area contributed by atoms with Crippen molar-refractivity contribution < 1.29 is 17.9 Å². The average molecular weight is 276 g/mol. The molecule has 6 heteroatoms. The van der Waals surface area contributed by atoms with Crippen LogP contribution in [0.3, 0.4) is 0 Å². The summed E-state index contributed by atoms with van der Waals surface area (Å²) in [5, 5.41) is 0.771. The molecule has 100 valence electrons. The van der Waals surface area contributed by atoms with Gasteiger partial charge in [-0.1, -0.05) is 18.2 Å². The van der Waals surface area contributed by atoms with Crippen LogP contribution < -0.4 is 4.74 Å². The number of hydrogen-bond acceptors (Lipinski definition) is 3. The number of ether oxygens (including phenoxy) is 1. The maximum Gasteiger partial charge on any atom is 0.258 e. The largest absolute Gasteiger partial charge is 0.434 e. The molecule has 0 saturated carbocycles. The molecular formula is C14H7F3N2O. The second-order valence-electron chi connectivity index (χ2n) is 3.98. The van der Waals surface area contributed by atoms with Crippen molar-refractivity contribution in [1.29, 1.82) is 0 Å². The van der Waals surface area contributed by atoms with Crippen molar-refractivity contribution in [3.63, 3.8) is 0 Å². The molecule has 0 atom stereocenters. The highest BCUT2D eigenvalue weighted by Gasteiger charge is 2.14. The van der Waals surface area contributed by atoms with Crippen LogP contribution in [0.15, 0.2) is 42.6 Å². The van der Waals surface area contributed by atoms with Gasteiger partial charge in [0.2, 0.25) is 0 Å². The van der Waals surface area contributed by atoms with Gasteiger partial charge in [0.1, 0.15) is 5.52 Å². The van der Waals surface area contributed by atoms with E-state index in [1.807, 2.05) is 0 Å². The zero-order valence-corrected chi connectivity index (χ0v) is 9.98. The van der Waals surface area contributed by atoms with Crippen molar-refractivity contribution in [2.75, 3.05) is 0 Å². The summed E-state index contributed by atoms with van der Waals surface area (Å²) in [4.78, 5) is 7.21. The van der Waals surface area contributed by atoms with E-state index in [-0.39, 0.29) is 5.75 Å². The standard InChI is InChI=1S/C14H7F3N2O/c15-9-7-10(16)14(19-13(9)17)20-11-5-1-3-8-4-2-6-18-12(8)11/h1-7H. The molecule has 0 aliphatic heterocycles. The fraction of sp³-hybridized carbons (Fsp3) is 0. The summed E-state index contributed by atoms with van der Waals surface area (Å²) in [6.45, 7) is 0. The van der Waals surface area contributed by atoms with E-state index in [9.17, 15) is 13.2 Å². The van der Waals surface area contributed by atoms with Crippen LogP contribution in [-0.4, -0.2) is 9.97 Å². The highest BCUT2D eigenvalue weighted by atomic mass is 19.2. The van der Waals surface area contributed by atoms with Gasteiger partial charge in [-0.25, -0.2) is 8.78 Å². The van der Waals surface area contributed by atoms with Gasteiger partial charge in [-0.2, -0.15) is 9.37 Å². The SMILES string of the molecule is Fc1cc(F)c(Oc2cccc3cccnc23)nc1F. The van der Waals surface area contributed by atoms with E-state index in [1.54, 1.807) is 30.5 Å². The van der Waals surface area contributed by atoms with Gasteiger partial charge in [0, 0.05) is 17.6 Å². The summed E-state index contributed by atoms with van der Waals surface area (Å²) in [5.74, 6) is -4.31. The molecule has 0 amide bonds. The van der Waals surface area contributed by atoms with Gasteiger partial charge in [0.25, 0.3) is 11.8 Å². The molecule has 0 unspecified atom stereocenters. The molecule has 0 bridgehead atoms. The number of fused-ring (bicyclic) bond motifs is 1. The monoisotopic (exact) mass is 276 g/mol. The van der Waals surface area contributed by atoms with Crippen molar-refractivity contribution in [2.45, 2.75) is 0 Å². The lowest BCUT2D eigenvalue weighted by atomic mass is 10.2. The smallest absolute Gasteiger partial charge is 0.258 e. The van der Waals surface area contributed by atoms with E-state index in [0.29, 0.717) is 11.6 Å². The number of rotatable bonds is 2. The van der Waals surface area contributed by atoms with Crippen LogP contribution in [0.4, 0.5) is 13.2 Å². The molecule has 20 heavy (non-hydrogen) atoms. The van der Waals surface area contributed by atoms with Crippen LogP contribution in [0.1, 0.15) is 0 Å². The Morgan fingerprint density at radius 1 is 0.950 bits per heavy atom. The zero-order valence-electron chi connectivity index (χ0n) is 9.98. The maximum atomic E-state index is 13.5. The highest BCUT2D eigenvalue weighted by molar-refractivity contribution is 5.84. The van der Waals surface area contributed by atoms with Crippen molar-refractivity contribution in [2.24, 2.45) is 0 Å². The third-order valence-electron chi connectivity index (χ3n) is 2.66. The first kappa shape index (κ1) is 12.4. The minimum Gasteiger partial charge on any atom is -0.434 e. The topological polar surface area (TPSA) is 35.0 Å². The first-order valence-corrected chi connectivity index (χ1v) is 5.68. The summed E-state index contributed by atoms with van der Waals surface area (Å²) in [7, 11) is 0. The zero-order chi connectivity index (χ0) is 14.1. The molecule has 1 aromatic carbocycles. The average Bonchev–Trinajstić information content (AvgIpc) is 2.45. The molecule has 3 aromatic rings. The van der Waals surface area contributed by atoms with Gasteiger partial charge in [-0.15, -0.1) is 0 Å². The van der Waals surface area contributed by atoms with E-state index >= 15 is 0 Å². The third kappa shape index (κ3) is 2.16. The molecule has 3 nitrogen and oxygen atoms in total. The van der Waals surface area contributed by atoms with Gasteiger partial charge in [0.05, 0.1) is 0 Å². The van der Waals surface area contributed by atoms with Gasteiger partial charge in [0.15, 0.2) is 17.4 Å². The van der Waals surface area contributed by atoms with Gasteiger partial charge in [-0.05, 0) is 12.1 Å². The predicted molar refractivity (Wildman–Crippen MR) is 65.9 cm³/mol. The molecule has 0 saturated heterocycles. The van der Waals surface area contributed by atoms with Crippen LogP contribution in [0.2, 0.25) is 0 Å². The molecule has 0 radical (unpaired) electrons. The highest BCUT2D eigenvalue weighted by Crippen LogP contribution is 2.29. The van der Waals surface area contributed by atoms with E-state index in [4.69, 9.17) is 4.74 Å². The fourth-order valence-corrected chi connectivity index (χ4v) is 1.76. The Balaban J connectivity index is 2.08. The van der Waals surface area contributed by atoms with Crippen LogP contribution in [0.25, 0.3) is 10.9 Å². The predicted octanol–water partition coefficient (Wildman–Crippen LogP) is 3.84. The Morgan fingerprint density at radius 2 is 1.75 bits per heavy atom. The lowest BCUT2D eigenvalue weighted by Gasteiger charge is -2.08. The summed E-state index contributed by atoms with van der Waals surface area (Å²) >= 11 is 0. The van der Waals surface area contributed by atoms with Crippen LogP contribution in [0, 0.1) is 17.6 Å². The first-order valence-electron chi connectivity index (χ1n) is 5.68. The normalized spacial score (nSPS) is 10.8. The molecule has 0 N–H and O–H groups in total. The van der Waals surface area contributed by atoms with E-state index in [1.165, 1.54) is 6.07 Å². The van der Waals surface area contributed by atoms with Crippen LogP contribution >= 0.6 is 0 Å². The molecule has 0 fully saturated rings. The third-order valence-corrected chi connectivity index (χ3v) is 2.66. The van der Waals surface area contributed by atoms with Crippen molar-refractivity contribution in [1.82, 2.24) is 9.97 Å². The number of benzene rings is 1. The van der Waals surface area contributed by atoms with E-state index in [0.717, 1.165) is 5.39 Å². The first-order chi connectivity index (χ1) is 9.65. The Bertz CT molecular complexity index is 787. The number of aromatic nitrogens is 2. The fourth-order valence-electron chi connectivity index (χ4n) is 1.76. The molecule has 2 heterocycles. The van der Waals surface area contributed by atoms with Gasteiger partial charge < -0.3 is 4.74 Å². The minimum absolute atomic E-state index is 0.209. The number of nitrogens with zero attached hydrogens (tertiary/aromatic N) is 2. The number of pyridine rings is 2. The minimum atomic E-state index is -1.42. The second-order valence-corrected chi connectivity index (χ2v) is 3.98. The van der Waals surface area contributed by atoms with Crippen molar-refractivity contribution >= 4 is 10.9 Å². The maximum absolute atomic E-state index is 13.5. The van der Waals surface area contributed by atoms with Crippen molar-refractivity contribution in [3.8, 4) is 11.6 Å². The summed E-state index contributed by atoms with van der Waals surface area (Å²) in [6, 6.07) is 8.93. The molecule has 0 spiro atoms.